The number of hydrogen-bond acceptors (Lipinski definition) is 2. The van der Waals surface area contributed by atoms with Gasteiger partial charge < -0.3 is 10.4 Å². The van der Waals surface area contributed by atoms with E-state index in [2.05, 4.69) is 24.4 Å². The number of rotatable bonds is 13. The number of carbonyl (C=O) groups excluding carboxylic acids is 1. The number of allylic oxidation sites excluding steroid dienone is 2. The largest absolute Gasteiger partial charge is 0.478 e. The molecule has 0 radical (unpaired) electrons. The van der Waals surface area contributed by atoms with Crippen LogP contribution in [0.5, 0.6) is 0 Å². The summed E-state index contributed by atoms with van der Waals surface area (Å²) in [5.41, 5.74) is 1.20. The van der Waals surface area contributed by atoms with Crippen LogP contribution < -0.4 is 5.32 Å². The summed E-state index contributed by atoms with van der Waals surface area (Å²) in [7, 11) is 0. The summed E-state index contributed by atoms with van der Waals surface area (Å²) in [5, 5.41) is 12.5. The van der Waals surface area contributed by atoms with E-state index < -0.39 is 5.97 Å². The number of carbonyl (C=O) groups is 2. The highest BCUT2D eigenvalue weighted by molar-refractivity contribution is 5.89. The van der Waals surface area contributed by atoms with Gasteiger partial charge in [0.15, 0.2) is 0 Å². The summed E-state index contributed by atoms with van der Waals surface area (Å²) in [6, 6.07) is 7.22. The molecule has 0 saturated carbocycles. The molecule has 0 spiro atoms. The first kappa shape index (κ1) is 22.2. The van der Waals surface area contributed by atoms with E-state index in [0.717, 1.165) is 18.4 Å². The Labute approximate surface area is 169 Å². The maximum atomic E-state index is 11.7. The Kier molecular flexibility index (Phi) is 9.81. The van der Waals surface area contributed by atoms with E-state index >= 15 is 0 Å². The van der Waals surface area contributed by atoms with Crippen molar-refractivity contribution in [3.05, 3.63) is 47.5 Å². The summed E-state index contributed by atoms with van der Waals surface area (Å²) >= 11 is 0. The van der Waals surface area contributed by atoms with Crippen LogP contribution in [-0.2, 0) is 4.79 Å². The normalized spacial score (nSPS) is 17.8. The quantitative estimate of drug-likeness (QED) is 0.338. The molecule has 2 unspecified atom stereocenters. The Balaban J connectivity index is 1.89. The van der Waals surface area contributed by atoms with Gasteiger partial charge in [0.25, 0.3) is 0 Å². The molecule has 1 aliphatic heterocycles. The van der Waals surface area contributed by atoms with Crippen molar-refractivity contribution in [2.45, 2.75) is 77.0 Å². The summed E-state index contributed by atoms with van der Waals surface area (Å²) in [6.07, 6.45) is 15.9. The number of amides is 1. The molecule has 1 heterocycles. The first-order chi connectivity index (χ1) is 13.6. The number of carboxylic acid groups (broad SMARTS) is 1. The van der Waals surface area contributed by atoms with E-state index in [9.17, 15) is 14.7 Å². The Morgan fingerprint density at radius 3 is 2.54 bits per heavy atom. The zero-order valence-electron chi connectivity index (χ0n) is 17.2. The van der Waals surface area contributed by atoms with E-state index in [4.69, 9.17) is 0 Å². The molecule has 1 fully saturated rings. The van der Waals surface area contributed by atoms with Gasteiger partial charge in [-0.2, -0.15) is 0 Å². The minimum Gasteiger partial charge on any atom is -0.478 e. The lowest BCUT2D eigenvalue weighted by Crippen LogP contribution is -2.19. The van der Waals surface area contributed by atoms with Gasteiger partial charge in [-0.05, 0) is 42.7 Å². The van der Waals surface area contributed by atoms with Crippen molar-refractivity contribution in [2.24, 2.45) is 5.92 Å². The highest BCUT2D eigenvalue weighted by atomic mass is 16.4. The second-order valence-corrected chi connectivity index (χ2v) is 7.88. The van der Waals surface area contributed by atoms with Crippen molar-refractivity contribution >= 4 is 11.9 Å². The Hall–Kier alpha value is -2.10. The molecule has 4 heteroatoms. The number of carboxylic acids is 1. The molecule has 0 bridgehead atoms. The predicted molar refractivity (Wildman–Crippen MR) is 114 cm³/mol. The number of benzene rings is 1. The second-order valence-electron chi connectivity index (χ2n) is 7.88. The average Bonchev–Trinajstić information content (AvgIpc) is 3.12. The van der Waals surface area contributed by atoms with Crippen LogP contribution in [0.4, 0.5) is 0 Å². The van der Waals surface area contributed by atoms with Crippen molar-refractivity contribution in [3.63, 3.8) is 0 Å². The molecular weight excluding hydrogens is 350 g/mol. The molecule has 28 heavy (non-hydrogen) atoms. The predicted octanol–water partition coefficient (Wildman–Crippen LogP) is 5.69. The molecule has 1 aliphatic rings. The Morgan fingerprint density at radius 2 is 1.86 bits per heavy atom. The van der Waals surface area contributed by atoms with Crippen LogP contribution in [0.25, 0.3) is 0 Å². The van der Waals surface area contributed by atoms with E-state index in [0.29, 0.717) is 18.5 Å². The van der Waals surface area contributed by atoms with Gasteiger partial charge >= 0.3 is 5.97 Å². The summed E-state index contributed by atoms with van der Waals surface area (Å²) in [6.45, 7) is 2.87. The van der Waals surface area contributed by atoms with Crippen molar-refractivity contribution in [3.8, 4) is 0 Å². The molecule has 1 aromatic carbocycles. The minimum atomic E-state index is -0.898. The fourth-order valence-electron chi connectivity index (χ4n) is 4.08. The lowest BCUT2D eigenvalue weighted by Gasteiger charge is -2.23. The van der Waals surface area contributed by atoms with Gasteiger partial charge in [-0.1, -0.05) is 75.8 Å². The third kappa shape index (κ3) is 7.14. The van der Waals surface area contributed by atoms with Crippen LogP contribution in [0.15, 0.2) is 36.4 Å². The highest BCUT2D eigenvalue weighted by Crippen LogP contribution is 2.35. The fraction of sp³-hybridized carbons (Fsp3) is 0.583. The molecule has 1 aromatic rings. The van der Waals surface area contributed by atoms with Crippen LogP contribution >= 0.6 is 0 Å². The molecule has 1 saturated heterocycles. The fourth-order valence-corrected chi connectivity index (χ4v) is 4.08. The zero-order valence-corrected chi connectivity index (χ0v) is 17.2. The van der Waals surface area contributed by atoms with E-state index in [1.807, 2.05) is 12.1 Å². The van der Waals surface area contributed by atoms with Gasteiger partial charge in [-0.15, -0.1) is 0 Å². The van der Waals surface area contributed by atoms with E-state index in [1.54, 1.807) is 12.1 Å². The topological polar surface area (TPSA) is 66.4 Å². The average molecular weight is 386 g/mol. The van der Waals surface area contributed by atoms with Crippen LogP contribution in [0.2, 0.25) is 0 Å². The molecule has 2 atom stereocenters. The number of unbranched alkanes of at least 4 members (excludes halogenated alkanes) is 7. The molecule has 2 rings (SSSR count). The molecule has 4 nitrogen and oxygen atoms in total. The zero-order chi connectivity index (χ0) is 20.2. The summed E-state index contributed by atoms with van der Waals surface area (Å²) in [4.78, 5) is 23.4. The number of aromatic carboxylic acids is 1. The Bertz CT molecular complexity index is 653. The van der Waals surface area contributed by atoms with Crippen LogP contribution in [0, 0.1) is 5.92 Å². The van der Waals surface area contributed by atoms with Gasteiger partial charge in [0.1, 0.15) is 0 Å². The van der Waals surface area contributed by atoms with E-state index in [-0.39, 0.29) is 17.7 Å². The minimum absolute atomic E-state index is 0.0524. The van der Waals surface area contributed by atoms with Crippen molar-refractivity contribution in [1.82, 2.24) is 5.32 Å². The first-order valence-electron chi connectivity index (χ1n) is 10.9. The smallest absolute Gasteiger partial charge is 0.335 e. The van der Waals surface area contributed by atoms with Gasteiger partial charge in [-0.3, -0.25) is 4.79 Å². The van der Waals surface area contributed by atoms with Gasteiger partial charge in [0.05, 0.1) is 5.56 Å². The highest BCUT2D eigenvalue weighted by Gasteiger charge is 2.31. The van der Waals surface area contributed by atoms with Gasteiger partial charge in [0, 0.05) is 13.0 Å². The molecule has 154 valence electrons. The maximum Gasteiger partial charge on any atom is 0.335 e. The van der Waals surface area contributed by atoms with Gasteiger partial charge in [-0.25, -0.2) is 4.79 Å². The van der Waals surface area contributed by atoms with Crippen LogP contribution in [0.1, 0.15) is 93.0 Å². The summed E-state index contributed by atoms with van der Waals surface area (Å²) < 4.78 is 0. The maximum absolute atomic E-state index is 11.7. The molecule has 0 aromatic heterocycles. The molecule has 0 aliphatic carbocycles. The van der Waals surface area contributed by atoms with Gasteiger partial charge in [0.2, 0.25) is 5.91 Å². The molecule has 1 amide bonds. The van der Waals surface area contributed by atoms with E-state index in [1.165, 1.54) is 44.9 Å². The first-order valence-corrected chi connectivity index (χ1v) is 10.9. The number of hydrogen-bond donors (Lipinski definition) is 2. The van der Waals surface area contributed by atoms with Crippen molar-refractivity contribution in [1.29, 1.82) is 0 Å². The van der Waals surface area contributed by atoms with Crippen molar-refractivity contribution in [2.75, 3.05) is 6.54 Å². The second kappa shape index (κ2) is 12.4. The van der Waals surface area contributed by atoms with Crippen LogP contribution in [-0.4, -0.2) is 23.5 Å². The third-order valence-electron chi connectivity index (χ3n) is 5.70. The lowest BCUT2D eigenvalue weighted by molar-refractivity contribution is -0.119. The molecular formula is C24H35NO3. The molecule has 2 N–H and O–H groups in total. The SMILES string of the molecule is CCCCCCCCC/C=C/CC(c1ccccc1C(=O)O)C1CNC(=O)C1. The monoisotopic (exact) mass is 385 g/mol. The third-order valence-corrected chi connectivity index (χ3v) is 5.70. The van der Waals surface area contributed by atoms with Crippen LogP contribution in [0.3, 0.4) is 0 Å². The van der Waals surface area contributed by atoms with Crippen molar-refractivity contribution < 1.29 is 14.7 Å². The Morgan fingerprint density at radius 1 is 1.14 bits per heavy atom. The standard InChI is InChI=1S/C24H35NO3/c1-2-3-4-5-6-7-8-9-10-11-14-20(19-17-23(26)25-18-19)21-15-12-13-16-22(21)24(27)28/h10-13,15-16,19-20H,2-9,14,17-18H2,1H3,(H,25,26)(H,27,28)/b11-10+. The lowest BCUT2D eigenvalue weighted by atomic mass is 9.80. The summed E-state index contributed by atoms with van der Waals surface area (Å²) in [5.74, 6) is -0.632. The number of nitrogens with one attached hydrogen (secondary N) is 1.